The topological polar surface area (TPSA) is 52.7 Å². The molecule has 0 radical (unpaired) electrons. The maximum absolute atomic E-state index is 13.5. The molecule has 146 valence electrons. The van der Waals surface area contributed by atoms with E-state index in [0.29, 0.717) is 31.6 Å². The van der Waals surface area contributed by atoms with Gasteiger partial charge in [0.2, 0.25) is 0 Å². The number of hydrogen-bond acceptors (Lipinski definition) is 3. The summed E-state index contributed by atoms with van der Waals surface area (Å²) < 4.78 is 40.0. The first-order valence-corrected chi connectivity index (χ1v) is 8.91. The van der Waals surface area contributed by atoms with Crippen molar-refractivity contribution < 1.29 is 22.8 Å². The van der Waals surface area contributed by atoms with Crippen molar-refractivity contribution in [3.05, 3.63) is 65.0 Å². The summed E-state index contributed by atoms with van der Waals surface area (Å²) in [4.78, 5) is 28.6. The van der Waals surface area contributed by atoms with Gasteiger partial charge in [0.25, 0.3) is 11.8 Å². The van der Waals surface area contributed by atoms with Gasteiger partial charge in [-0.05, 0) is 36.4 Å². The Hall–Kier alpha value is -3.03. The quantitative estimate of drug-likeness (QED) is 0.816. The molecule has 0 atom stereocenters. The molecule has 4 rings (SSSR count). The van der Waals surface area contributed by atoms with Gasteiger partial charge >= 0.3 is 0 Å². The molecule has 0 bridgehead atoms. The third kappa shape index (κ3) is 2.89. The minimum atomic E-state index is -1.07. The summed E-state index contributed by atoms with van der Waals surface area (Å²) >= 11 is 0. The fourth-order valence-electron chi connectivity index (χ4n) is 3.93. The number of nitrogens with one attached hydrogen (secondary N) is 1. The van der Waals surface area contributed by atoms with Crippen LogP contribution >= 0.6 is 0 Å². The minimum absolute atomic E-state index is 0.0803. The fourth-order valence-corrected chi connectivity index (χ4v) is 3.93. The Morgan fingerprint density at radius 3 is 2.43 bits per heavy atom. The van der Waals surface area contributed by atoms with Crippen LogP contribution < -0.4 is 10.2 Å². The lowest BCUT2D eigenvalue weighted by molar-refractivity contribution is 0.0608. The van der Waals surface area contributed by atoms with Gasteiger partial charge in [0.15, 0.2) is 11.6 Å². The molecule has 0 aliphatic carbocycles. The molecule has 2 aliphatic heterocycles. The molecule has 1 N–H and O–H groups in total. The molecule has 1 fully saturated rings. The smallest absolute Gasteiger partial charge is 0.255 e. The van der Waals surface area contributed by atoms with Crippen LogP contribution in [0.5, 0.6) is 0 Å². The van der Waals surface area contributed by atoms with Gasteiger partial charge in [-0.15, -0.1) is 0 Å². The lowest BCUT2D eigenvalue weighted by Crippen LogP contribution is -2.67. The summed E-state index contributed by atoms with van der Waals surface area (Å²) in [7, 11) is 1.82. The van der Waals surface area contributed by atoms with Crippen molar-refractivity contribution in [2.75, 3.05) is 25.0 Å². The van der Waals surface area contributed by atoms with Gasteiger partial charge in [-0.25, -0.2) is 13.2 Å². The molecule has 2 aliphatic rings. The summed E-state index contributed by atoms with van der Waals surface area (Å²) in [6.07, 6.45) is 0.892. The molecule has 0 aromatic heterocycles. The van der Waals surface area contributed by atoms with E-state index >= 15 is 0 Å². The number of halogens is 3. The number of nitrogens with zero attached hydrogens (tertiary/aromatic N) is 2. The predicted molar refractivity (Wildman–Crippen MR) is 96.5 cm³/mol. The number of piperidine rings is 1. The third-order valence-corrected chi connectivity index (χ3v) is 5.60. The van der Waals surface area contributed by atoms with Gasteiger partial charge in [0, 0.05) is 38.5 Å². The number of fused-ring (bicyclic) bond motifs is 1. The Bertz CT molecular complexity index is 971. The molecule has 8 heteroatoms. The van der Waals surface area contributed by atoms with E-state index in [-0.39, 0.29) is 22.9 Å². The van der Waals surface area contributed by atoms with E-state index in [9.17, 15) is 22.8 Å². The molecule has 2 aromatic carbocycles. The minimum Gasteiger partial charge on any atom is -0.351 e. The van der Waals surface area contributed by atoms with Crippen LogP contribution in [0.3, 0.4) is 0 Å². The molecular formula is C20H18F3N3O2. The first-order valence-electron chi connectivity index (χ1n) is 8.91. The molecule has 0 unspecified atom stereocenters. The van der Waals surface area contributed by atoms with Crippen molar-refractivity contribution in [2.24, 2.45) is 0 Å². The van der Waals surface area contributed by atoms with Gasteiger partial charge in [0.1, 0.15) is 11.5 Å². The fraction of sp³-hybridized carbons (Fsp3) is 0.300. The van der Waals surface area contributed by atoms with Crippen LogP contribution in [0.15, 0.2) is 36.4 Å². The molecule has 2 amide bonds. The first-order chi connectivity index (χ1) is 13.3. The molecule has 1 saturated heterocycles. The number of hydrogen-bond donors (Lipinski definition) is 1. The summed E-state index contributed by atoms with van der Waals surface area (Å²) in [6.45, 7) is 0.665. The van der Waals surface area contributed by atoms with Crippen LogP contribution in [0.2, 0.25) is 0 Å². The van der Waals surface area contributed by atoms with Crippen LogP contribution in [0.4, 0.5) is 18.9 Å². The van der Waals surface area contributed by atoms with E-state index in [1.54, 1.807) is 11.0 Å². The Balaban J connectivity index is 1.53. The second-order valence-corrected chi connectivity index (χ2v) is 7.13. The van der Waals surface area contributed by atoms with Crippen LogP contribution in [-0.4, -0.2) is 42.5 Å². The number of amides is 2. The van der Waals surface area contributed by atoms with Crippen LogP contribution in [0, 0.1) is 17.5 Å². The SMILES string of the molecule is CN1c2ccc(F)cc2C(=O)NC12CCN(C(=O)c1ccc(F)c(F)c1)CC2. The second-order valence-electron chi connectivity index (χ2n) is 7.13. The van der Waals surface area contributed by atoms with E-state index in [0.717, 1.165) is 12.1 Å². The number of rotatable bonds is 1. The normalized spacial score (nSPS) is 18.1. The summed E-state index contributed by atoms with van der Waals surface area (Å²) in [5.74, 6) is -3.29. The van der Waals surface area contributed by atoms with E-state index in [1.807, 2.05) is 11.9 Å². The number of likely N-dealkylation sites (tertiary alicyclic amines) is 1. The zero-order valence-electron chi connectivity index (χ0n) is 15.1. The molecule has 1 spiro atoms. The maximum Gasteiger partial charge on any atom is 0.255 e. The number of anilines is 1. The van der Waals surface area contributed by atoms with Gasteiger partial charge in [-0.3, -0.25) is 9.59 Å². The van der Waals surface area contributed by atoms with Gasteiger partial charge in [-0.1, -0.05) is 0 Å². The molecule has 2 heterocycles. The Kier molecular flexibility index (Phi) is 4.28. The Morgan fingerprint density at radius 1 is 1.04 bits per heavy atom. The summed E-state index contributed by atoms with van der Waals surface area (Å²) in [6, 6.07) is 7.16. The van der Waals surface area contributed by atoms with Gasteiger partial charge in [0.05, 0.1) is 11.3 Å². The van der Waals surface area contributed by atoms with E-state index in [2.05, 4.69) is 5.32 Å². The highest BCUT2D eigenvalue weighted by Gasteiger charge is 2.45. The predicted octanol–water partition coefficient (Wildman–Crippen LogP) is 2.92. The van der Waals surface area contributed by atoms with Crippen molar-refractivity contribution in [2.45, 2.75) is 18.5 Å². The molecule has 2 aromatic rings. The highest BCUT2D eigenvalue weighted by atomic mass is 19.2. The zero-order valence-corrected chi connectivity index (χ0v) is 15.1. The average Bonchev–Trinajstić information content (AvgIpc) is 2.68. The van der Waals surface area contributed by atoms with Crippen molar-refractivity contribution in [3.8, 4) is 0 Å². The summed E-state index contributed by atoms with van der Waals surface area (Å²) in [5.41, 5.74) is 0.294. The van der Waals surface area contributed by atoms with Crippen molar-refractivity contribution in [1.82, 2.24) is 10.2 Å². The van der Waals surface area contributed by atoms with E-state index < -0.39 is 23.1 Å². The van der Waals surface area contributed by atoms with E-state index in [4.69, 9.17) is 0 Å². The van der Waals surface area contributed by atoms with Crippen LogP contribution in [0.25, 0.3) is 0 Å². The monoisotopic (exact) mass is 389 g/mol. The van der Waals surface area contributed by atoms with Crippen molar-refractivity contribution >= 4 is 17.5 Å². The van der Waals surface area contributed by atoms with Crippen LogP contribution in [0.1, 0.15) is 33.6 Å². The molecule has 28 heavy (non-hydrogen) atoms. The average molecular weight is 389 g/mol. The largest absolute Gasteiger partial charge is 0.351 e. The zero-order chi connectivity index (χ0) is 20.1. The Labute approximate surface area is 159 Å². The highest BCUT2D eigenvalue weighted by molar-refractivity contribution is 6.02. The number of benzene rings is 2. The lowest BCUT2D eigenvalue weighted by Gasteiger charge is -2.51. The van der Waals surface area contributed by atoms with E-state index in [1.165, 1.54) is 18.2 Å². The van der Waals surface area contributed by atoms with Crippen molar-refractivity contribution in [1.29, 1.82) is 0 Å². The maximum atomic E-state index is 13.5. The Morgan fingerprint density at radius 2 is 1.75 bits per heavy atom. The van der Waals surface area contributed by atoms with Gasteiger partial charge in [-0.2, -0.15) is 0 Å². The second kappa shape index (κ2) is 6.54. The number of carbonyl (C=O) groups is 2. The number of carbonyl (C=O) groups excluding carboxylic acids is 2. The van der Waals surface area contributed by atoms with Crippen molar-refractivity contribution in [3.63, 3.8) is 0 Å². The van der Waals surface area contributed by atoms with Crippen LogP contribution in [-0.2, 0) is 0 Å². The highest BCUT2D eigenvalue weighted by Crippen LogP contribution is 2.36. The summed E-state index contributed by atoms with van der Waals surface area (Å²) in [5, 5.41) is 2.95. The first kappa shape index (κ1) is 18.3. The standard InChI is InChI=1S/C20H18F3N3O2/c1-25-17-5-3-13(21)11-14(17)18(27)24-20(25)6-8-26(9-7-20)19(28)12-2-4-15(22)16(23)10-12/h2-5,10-11H,6-9H2,1H3,(H,24,27). The van der Waals surface area contributed by atoms with Gasteiger partial charge < -0.3 is 15.1 Å². The molecule has 0 saturated carbocycles. The third-order valence-electron chi connectivity index (χ3n) is 5.60. The lowest BCUT2D eigenvalue weighted by atomic mass is 9.90. The molecule has 5 nitrogen and oxygen atoms in total. The molecular weight excluding hydrogens is 371 g/mol.